The van der Waals surface area contributed by atoms with Gasteiger partial charge in [0.2, 0.25) is 0 Å². The number of benzene rings is 2. The lowest BCUT2D eigenvalue weighted by Gasteiger charge is -2.10. The summed E-state index contributed by atoms with van der Waals surface area (Å²) in [6, 6.07) is 16.2. The van der Waals surface area contributed by atoms with Crippen LogP contribution in [-0.4, -0.2) is 28.7 Å². The molecule has 0 fully saturated rings. The summed E-state index contributed by atoms with van der Waals surface area (Å²) < 4.78 is 52.1. The van der Waals surface area contributed by atoms with Crippen LogP contribution >= 0.6 is 0 Å². The molecular formula is C17H16O5S2. The standard InChI is InChI=1S/C17H16O5S2/c18-23(19)11-10-16(13-23)22-24(20,21)17-8-6-15(7-9-17)12-14-4-2-1-3-5-14/h1-11,16H,12-13H2. The SMILES string of the molecule is O=S1(=O)C=CC(OS(=O)(=O)c2ccc(Cc3ccccc3)cc2)C1. The van der Waals surface area contributed by atoms with Crippen molar-refractivity contribution in [2.75, 3.05) is 5.75 Å². The molecule has 0 saturated heterocycles. The first-order valence-electron chi connectivity index (χ1n) is 7.31. The van der Waals surface area contributed by atoms with Crippen molar-refractivity contribution in [1.82, 2.24) is 0 Å². The summed E-state index contributed by atoms with van der Waals surface area (Å²) >= 11 is 0. The van der Waals surface area contributed by atoms with Gasteiger partial charge in [0.25, 0.3) is 10.1 Å². The van der Waals surface area contributed by atoms with Crippen LogP contribution in [0.15, 0.2) is 71.0 Å². The second-order valence-electron chi connectivity index (χ2n) is 5.55. The molecule has 126 valence electrons. The van der Waals surface area contributed by atoms with Crippen LogP contribution in [0.4, 0.5) is 0 Å². The van der Waals surface area contributed by atoms with Gasteiger partial charge in [0.1, 0.15) is 6.10 Å². The minimum Gasteiger partial charge on any atom is -0.258 e. The monoisotopic (exact) mass is 364 g/mol. The fourth-order valence-electron chi connectivity index (χ4n) is 2.43. The summed E-state index contributed by atoms with van der Waals surface area (Å²) in [6.07, 6.45) is 0.978. The van der Waals surface area contributed by atoms with Crippen LogP contribution in [0, 0.1) is 0 Å². The number of rotatable bonds is 5. The average molecular weight is 364 g/mol. The molecule has 1 aliphatic heterocycles. The largest absolute Gasteiger partial charge is 0.297 e. The van der Waals surface area contributed by atoms with Gasteiger partial charge in [-0.05, 0) is 35.8 Å². The molecular weight excluding hydrogens is 348 g/mol. The zero-order valence-electron chi connectivity index (χ0n) is 12.7. The second kappa shape index (κ2) is 6.51. The third-order valence-electron chi connectivity index (χ3n) is 3.61. The topological polar surface area (TPSA) is 77.5 Å². The summed E-state index contributed by atoms with van der Waals surface area (Å²) in [4.78, 5) is 0.0111. The quantitative estimate of drug-likeness (QED) is 0.761. The van der Waals surface area contributed by atoms with E-state index in [1.807, 2.05) is 30.3 Å². The summed E-state index contributed by atoms with van der Waals surface area (Å²) in [5, 5.41) is 0.982. The lowest BCUT2D eigenvalue weighted by atomic mass is 10.1. The molecule has 7 heteroatoms. The highest BCUT2D eigenvalue weighted by atomic mass is 32.2. The van der Waals surface area contributed by atoms with Gasteiger partial charge < -0.3 is 0 Å². The van der Waals surface area contributed by atoms with Gasteiger partial charge in [-0.3, -0.25) is 4.18 Å². The van der Waals surface area contributed by atoms with E-state index in [1.54, 1.807) is 12.1 Å². The van der Waals surface area contributed by atoms with E-state index in [1.165, 1.54) is 18.2 Å². The van der Waals surface area contributed by atoms with E-state index in [0.29, 0.717) is 6.42 Å². The molecule has 0 saturated carbocycles. The van der Waals surface area contributed by atoms with Crippen molar-refractivity contribution in [3.63, 3.8) is 0 Å². The molecule has 0 aromatic heterocycles. The molecule has 1 heterocycles. The first kappa shape index (κ1) is 16.9. The molecule has 2 aromatic carbocycles. The molecule has 0 bridgehead atoms. The van der Waals surface area contributed by atoms with Crippen molar-refractivity contribution in [3.8, 4) is 0 Å². The molecule has 2 aromatic rings. The van der Waals surface area contributed by atoms with E-state index in [-0.39, 0.29) is 10.6 Å². The average Bonchev–Trinajstić information content (AvgIpc) is 2.87. The van der Waals surface area contributed by atoms with Crippen LogP contribution in [0.2, 0.25) is 0 Å². The van der Waals surface area contributed by atoms with Gasteiger partial charge in [0.05, 0.1) is 10.6 Å². The molecule has 1 aliphatic rings. The van der Waals surface area contributed by atoms with Crippen LogP contribution in [0.25, 0.3) is 0 Å². The second-order valence-corrected chi connectivity index (χ2v) is 9.06. The molecule has 0 radical (unpaired) electrons. The van der Waals surface area contributed by atoms with Crippen molar-refractivity contribution in [3.05, 3.63) is 77.2 Å². The Bertz CT molecular complexity index is 944. The normalized spacial score (nSPS) is 19.4. The van der Waals surface area contributed by atoms with E-state index >= 15 is 0 Å². The maximum Gasteiger partial charge on any atom is 0.297 e. The highest BCUT2D eigenvalue weighted by Gasteiger charge is 2.28. The number of hydrogen-bond donors (Lipinski definition) is 0. The predicted octanol–water partition coefficient (Wildman–Crippen LogP) is 2.29. The van der Waals surface area contributed by atoms with Crippen molar-refractivity contribution < 1.29 is 21.0 Å². The fourth-order valence-corrected chi connectivity index (χ4v) is 4.72. The summed E-state index contributed by atoms with van der Waals surface area (Å²) in [7, 11) is -7.36. The van der Waals surface area contributed by atoms with Crippen molar-refractivity contribution in [2.45, 2.75) is 17.4 Å². The van der Waals surface area contributed by atoms with Crippen LogP contribution in [0.1, 0.15) is 11.1 Å². The van der Waals surface area contributed by atoms with Gasteiger partial charge in [-0.15, -0.1) is 0 Å². The lowest BCUT2D eigenvalue weighted by Crippen LogP contribution is -2.20. The Morgan fingerprint density at radius 2 is 1.58 bits per heavy atom. The Labute approximate surface area is 141 Å². The van der Waals surface area contributed by atoms with E-state index < -0.39 is 26.1 Å². The van der Waals surface area contributed by atoms with Gasteiger partial charge >= 0.3 is 0 Å². The summed E-state index contributed by atoms with van der Waals surface area (Å²) in [5.74, 6) is -0.349. The fraction of sp³-hybridized carbons (Fsp3) is 0.176. The number of hydrogen-bond acceptors (Lipinski definition) is 5. The van der Waals surface area contributed by atoms with Gasteiger partial charge in [0, 0.05) is 5.41 Å². The molecule has 0 spiro atoms. The van der Waals surface area contributed by atoms with Crippen molar-refractivity contribution in [2.24, 2.45) is 0 Å². The zero-order valence-corrected chi connectivity index (χ0v) is 14.3. The van der Waals surface area contributed by atoms with Crippen molar-refractivity contribution >= 4 is 20.0 Å². The van der Waals surface area contributed by atoms with Crippen LogP contribution < -0.4 is 0 Å². The Morgan fingerprint density at radius 1 is 0.958 bits per heavy atom. The van der Waals surface area contributed by atoms with E-state index in [9.17, 15) is 16.8 Å². The summed E-state index contributed by atoms with van der Waals surface area (Å²) in [5.41, 5.74) is 2.11. The number of sulfone groups is 1. The van der Waals surface area contributed by atoms with Gasteiger partial charge in [-0.2, -0.15) is 8.42 Å². The molecule has 5 nitrogen and oxygen atoms in total. The molecule has 3 rings (SSSR count). The molecule has 24 heavy (non-hydrogen) atoms. The lowest BCUT2D eigenvalue weighted by molar-refractivity contribution is 0.279. The molecule has 1 atom stereocenters. The van der Waals surface area contributed by atoms with E-state index in [0.717, 1.165) is 16.5 Å². The third kappa shape index (κ3) is 4.11. The van der Waals surface area contributed by atoms with Crippen molar-refractivity contribution in [1.29, 1.82) is 0 Å². The van der Waals surface area contributed by atoms with E-state index in [4.69, 9.17) is 4.18 Å². The Balaban J connectivity index is 1.71. The van der Waals surface area contributed by atoms with Gasteiger partial charge in [-0.1, -0.05) is 42.5 Å². The zero-order chi connectivity index (χ0) is 17.2. The Morgan fingerprint density at radius 3 is 2.17 bits per heavy atom. The molecule has 0 N–H and O–H groups in total. The maximum atomic E-state index is 12.2. The van der Waals surface area contributed by atoms with Crippen LogP contribution in [-0.2, 0) is 30.6 Å². The Hall–Kier alpha value is -1.96. The smallest absolute Gasteiger partial charge is 0.258 e. The molecule has 0 aliphatic carbocycles. The molecule has 0 amide bonds. The third-order valence-corrected chi connectivity index (χ3v) is 6.33. The van der Waals surface area contributed by atoms with Crippen LogP contribution in [0.5, 0.6) is 0 Å². The minimum absolute atomic E-state index is 0.0111. The predicted molar refractivity (Wildman–Crippen MR) is 90.7 cm³/mol. The maximum absolute atomic E-state index is 12.2. The van der Waals surface area contributed by atoms with Crippen LogP contribution in [0.3, 0.4) is 0 Å². The first-order valence-corrected chi connectivity index (χ1v) is 10.4. The Kier molecular flexibility index (Phi) is 4.58. The highest BCUT2D eigenvalue weighted by molar-refractivity contribution is 7.94. The van der Waals surface area contributed by atoms with E-state index in [2.05, 4.69) is 0 Å². The first-order chi connectivity index (χ1) is 11.3. The summed E-state index contributed by atoms with van der Waals surface area (Å²) in [6.45, 7) is 0. The minimum atomic E-state index is -4.00. The highest BCUT2D eigenvalue weighted by Crippen LogP contribution is 2.20. The van der Waals surface area contributed by atoms with Gasteiger partial charge in [-0.25, -0.2) is 8.42 Å². The molecule has 1 unspecified atom stereocenters. The van der Waals surface area contributed by atoms with Gasteiger partial charge in [0.15, 0.2) is 9.84 Å².